The van der Waals surface area contributed by atoms with Crippen LogP contribution in [-0.2, 0) is 0 Å². The molecular formula is C14H17N. The summed E-state index contributed by atoms with van der Waals surface area (Å²) in [6.45, 7) is 2.20. The number of benzene rings is 1. The van der Waals surface area contributed by atoms with Gasteiger partial charge in [-0.05, 0) is 43.9 Å². The molecule has 0 spiro atoms. The first-order valence-electron chi connectivity index (χ1n) is 5.52. The molecule has 0 saturated heterocycles. The predicted molar refractivity (Wildman–Crippen MR) is 65.8 cm³/mol. The van der Waals surface area contributed by atoms with Gasteiger partial charge < -0.3 is 5.32 Å². The Morgan fingerprint density at radius 3 is 2.67 bits per heavy atom. The molecule has 0 aromatic heterocycles. The SMILES string of the molecule is CC1=C/C(=C/Nc2ccccc2)CCC1. The molecule has 1 heteroatoms. The van der Waals surface area contributed by atoms with Gasteiger partial charge in [-0.1, -0.05) is 29.8 Å². The maximum atomic E-state index is 3.33. The Kier molecular flexibility index (Phi) is 3.23. The van der Waals surface area contributed by atoms with E-state index in [2.05, 4.69) is 36.6 Å². The molecule has 1 aliphatic carbocycles. The maximum Gasteiger partial charge on any atom is 0.0379 e. The van der Waals surface area contributed by atoms with Crippen molar-refractivity contribution in [1.82, 2.24) is 0 Å². The molecule has 1 nitrogen and oxygen atoms in total. The molecule has 1 aromatic carbocycles. The van der Waals surface area contributed by atoms with Crippen LogP contribution in [0.5, 0.6) is 0 Å². The summed E-state index contributed by atoms with van der Waals surface area (Å²) in [6, 6.07) is 10.3. The zero-order chi connectivity index (χ0) is 10.5. The monoisotopic (exact) mass is 199 g/mol. The van der Waals surface area contributed by atoms with Gasteiger partial charge in [0.15, 0.2) is 0 Å². The summed E-state index contributed by atoms with van der Waals surface area (Å²) in [5, 5.41) is 3.33. The summed E-state index contributed by atoms with van der Waals surface area (Å²) >= 11 is 0. The van der Waals surface area contributed by atoms with E-state index in [9.17, 15) is 0 Å². The van der Waals surface area contributed by atoms with Crippen LogP contribution >= 0.6 is 0 Å². The van der Waals surface area contributed by atoms with Gasteiger partial charge in [-0.25, -0.2) is 0 Å². The number of hydrogen-bond acceptors (Lipinski definition) is 1. The highest BCUT2D eigenvalue weighted by Crippen LogP contribution is 2.21. The zero-order valence-corrected chi connectivity index (χ0v) is 9.16. The van der Waals surface area contributed by atoms with Gasteiger partial charge >= 0.3 is 0 Å². The maximum absolute atomic E-state index is 3.33. The molecule has 78 valence electrons. The van der Waals surface area contributed by atoms with Gasteiger partial charge in [0.05, 0.1) is 0 Å². The fourth-order valence-electron chi connectivity index (χ4n) is 1.86. The average Bonchev–Trinajstić information content (AvgIpc) is 2.28. The van der Waals surface area contributed by atoms with Crippen molar-refractivity contribution in [3.63, 3.8) is 0 Å². The van der Waals surface area contributed by atoms with Crippen LogP contribution in [0.3, 0.4) is 0 Å². The number of nitrogens with one attached hydrogen (secondary N) is 1. The molecule has 0 unspecified atom stereocenters. The van der Waals surface area contributed by atoms with Crippen LogP contribution in [0.15, 0.2) is 53.8 Å². The molecule has 2 rings (SSSR count). The van der Waals surface area contributed by atoms with Crippen molar-refractivity contribution < 1.29 is 0 Å². The van der Waals surface area contributed by atoms with E-state index in [-0.39, 0.29) is 0 Å². The average molecular weight is 199 g/mol. The minimum atomic E-state index is 1.15. The third-order valence-electron chi connectivity index (χ3n) is 2.67. The van der Waals surface area contributed by atoms with Crippen LogP contribution in [-0.4, -0.2) is 0 Å². The Bertz CT molecular complexity index is 374. The van der Waals surface area contributed by atoms with Crippen molar-refractivity contribution in [3.05, 3.63) is 53.8 Å². The Labute approximate surface area is 91.5 Å². The lowest BCUT2D eigenvalue weighted by molar-refractivity contribution is 0.783. The lowest BCUT2D eigenvalue weighted by Gasteiger charge is -2.12. The van der Waals surface area contributed by atoms with Crippen molar-refractivity contribution in [2.45, 2.75) is 26.2 Å². The van der Waals surface area contributed by atoms with E-state index in [1.165, 1.54) is 30.4 Å². The highest BCUT2D eigenvalue weighted by molar-refractivity contribution is 5.46. The van der Waals surface area contributed by atoms with Crippen LogP contribution in [0.1, 0.15) is 26.2 Å². The van der Waals surface area contributed by atoms with Crippen molar-refractivity contribution in [1.29, 1.82) is 0 Å². The molecule has 1 aromatic rings. The molecule has 0 radical (unpaired) electrons. The lowest BCUT2D eigenvalue weighted by Crippen LogP contribution is -1.95. The van der Waals surface area contributed by atoms with E-state index in [4.69, 9.17) is 0 Å². The highest BCUT2D eigenvalue weighted by Gasteiger charge is 2.02. The van der Waals surface area contributed by atoms with Gasteiger partial charge in [-0.15, -0.1) is 0 Å². The van der Waals surface area contributed by atoms with Gasteiger partial charge in [0.25, 0.3) is 0 Å². The molecule has 1 aliphatic rings. The molecule has 15 heavy (non-hydrogen) atoms. The highest BCUT2D eigenvalue weighted by atomic mass is 14.8. The molecule has 0 saturated carbocycles. The van der Waals surface area contributed by atoms with E-state index < -0.39 is 0 Å². The molecule has 0 aliphatic heterocycles. The molecule has 0 heterocycles. The standard InChI is InChI=1S/C14H17N/c1-12-6-5-7-13(10-12)11-15-14-8-3-2-4-9-14/h2-4,8-11,15H,5-7H2,1H3/b13-11+. The Morgan fingerprint density at radius 1 is 1.13 bits per heavy atom. The summed E-state index contributed by atoms with van der Waals surface area (Å²) < 4.78 is 0. The number of para-hydroxylation sites is 1. The van der Waals surface area contributed by atoms with Gasteiger partial charge in [-0.2, -0.15) is 0 Å². The van der Waals surface area contributed by atoms with Crippen molar-refractivity contribution in [2.75, 3.05) is 5.32 Å². The van der Waals surface area contributed by atoms with Crippen LogP contribution in [0.25, 0.3) is 0 Å². The van der Waals surface area contributed by atoms with Crippen molar-refractivity contribution in [2.24, 2.45) is 0 Å². The minimum absolute atomic E-state index is 1.15. The molecule has 1 N–H and O–H groups in total. The van der Waals surface area contributed by atoms with E-state index in [1.54, 1.807) is 0 Å². The van der Waals surface area contributed by atoms with Gasteiger partial charge in [0, 0.05) is 11.9 Å². The summed E-state index contributed by atoms with van der Waals surface area (Å²) in [7, 11) is 0. The second-order valence-electron chi connectivity index (χ2n) is 4.07. The number of rotatable bonds is 2. The second kappa shape index (κ2) is 4.83. The van der Waals surface area contributed by atoms with E-state index >= 15 is 0 Å². The van der Waals surface area contributed by atoms with Crippen molar-refractivity contribution >= 4 is 5.69 Å². The van der Waals surface area contributed by atoms with E-state index in [0.717, 1.165) is 5.69 Å². The molecule has 0 amide bonds. The summed E-state index contributed by atoms with van der Waals surface area (Å²) in [5.41, 5.74) is 4.05. The first-order chi connectivity index (χ1) is 7.34. The fourth-order valence-corrected chi connectivity index (χ4v) is 1.86. The van der Waals surface area contributed by atoms with Crippen molar-refractivity contribution in [3.8, 4) is 0 Å². The van der Waals surface area contributed by atoms with Crippen LogP contribution in [0, 0.1) is 0 Å². The Balaban J connectivity index is 2.03. The van der Waals surface area contributed by atoms with Gasteiger partial charge in [0.1, 0.15) is 0 Å². The summed E-state index contributed by atoms with van der Waals surface area (Å²) in [6.07, 6.45) is 8.14. The van der Waals surface area contributed by atoms with Crippen LogP contribution in [0.2, 0.25) is 0 Å². The Hall–Kier alpha value is -1.50. The first-order valence-corrected chi connectivity index (χ1v) is 5.52. The van der Waals surface area contributed by atoms with Gasteiger partial charge in [-0.3, -0.25) is 0 Å². The summed E-state index contributed by atoms with van der Waals surface area (Å²) in [4.78, 5) is 0. The number of allylic oxidation sites excluding steroid dienone is 3. The van der Waals surface area contributed by atoms with Crippen LogP contribution in [0.4, 0.5) is 5.69 Å². The Morgan fingerprint density at radius 2 is 1.93 bits per heavy atom. The topological polar surface area (TPSA) is 12.0 Å². The third kappa shape index (κ3) is 2.98. The summed E-state index contributed by atoms with van der Waals surface area (Å²) in [5.74, 6) is 0. The lowest BCUT2D eigenvalue weighted by atomic mass is 9.97. The molecular weight excluding hydrogens is 182 g/mol. The second-order valence-corrected chi connectivity index (χ2v) is 4.07. The number of anilines is 1. The smallest absolute Gasteiger partial charge is 0.0379 e. The zero-order valence-electron chi connectivity index (χ0n) is 9.16. The molecule has 0 fully saturated rings. The number of hydrogen-bond donors (Lipinski definition) is 1. The largest absolute Gasteiger partial charge is 0.361 e. The molecule has 0 atom stereocenters. The van der Waals surface area contributed by atoms with E-state index in [1.807, 2.05) is 18.2 Å². The van der Waals surface area contributed by atoms with E-state index in [0.29, 0.717) is 0 Å². The first kappa shape index (κ1) is 10.0. The predicted octanol–water partition coefficient (Wildman–Crippen LogP) is 4.11. The quantitative estimate of drug-likeness (QED) is 0.755. The minimum Gasteiger partial charge on any atom is -0.361 e. The molecule has 0 bridgehead atoms. The van der Waals surface area contributed by atoms with Gasteiger partial charge in [0.2, 0.25) is 0 Å². The van der Waals surface area contributed by atoms with Crippen LogP contribution < -0.4 is 5.32 Å². The normalized spacial score (nSPS) is 18.7. The third-order valence-corrected chi connectivity index (χ3v) is 2.67. The fraction of sp³-hybridized carbons (Fsp3) is 0.286.